The number of carbonyl (C=O) groups is 2. The summed E-state index contributed by atoms with van der Waals surface area (Å²) >= 11 is 11.9. The van der Waals surface area contributed by atoms with Crippen LogP contribution in [0.25, 0.3) is 11.8 Å². The molecule has 4 rings (SSSR count). The largest absolute Gasteiger partial charge is 0.329 e. The van der Waals surface area contributed by atoms with Crippen LogP contribution in [0.4, 0.5) is 4.79 Å². The van der Waals surface area contributed by atoms with Crippen LogP contribution in [0, 0.1) is 0 Å². The Labute approximate surface area is 187 Å². The average molecular weight is 457 g/mol. The zero-order valence-electron chi connectivity index (χ0n) is 16.5. The summed E-state index contributed by atoms with van der Waals surface area (Å²) in [5.41, 5.74) is 1.99. The predicted octanol–water partition coefficient (Wildman–Crippen LogP) is 4.13. The first-order valence-corrected chi connectivity index (χ1v) is 10.3. The topological polar surface area (TPSA) is 87.2 Å². The van der Waals surface area contributed by atoms with E-state index in [0.29, 0.717) is 33.4 Å². The fourth-order valence-corrected chi connectivity index (χ4v) is 3.70. The SMILES string of the molecule is CCc1[nH]n(-c2ccc(Cl)cc2)c(=O)c1C=C1NC(=O)N(Cc2cccc(Cl)c2)C1=O. The maximum atomic E-state index is 13.0. The van der Waals surface area contributed by atoms with Crippen molar-refractivity contribution in [3.8, 4) is 5.69 Å². The van der Waals surface area contributed by atoms with Crippen molar-refractivity contribution in [1.82, 2.24) is 20.0 Å². The number of nitrogens with zero attached hydrogens (tertiary/aromatic N) is 2. The fourth-order valence-electron chi connectivity index (χ4n) is 3.36. The molecule has 3 amide bonds. The van der Waals surface area contributed by atoms with Crippen LogP contribution in [0.1, 0.15) is 23.7 Å². The number of urea groups is 1. The van der Waals surface area contributed by atoms with E-state index < -0.39 is 11.9 Å². The van der Waals surface area contributed by atoms with E-state index in [1.165, 1.54) is 10.8 Å². The van der Waals surface area contributed by atoms with Crippen LogP contribution in [0.2, 0.25) is 10.0 Å². The summed E-state index contributed by atoms with van der Waals surface area (Å²) in [4.78, 5) is 39.3. The van der Waals surface area contributed by atoms with E-state index in [2.05, 4.69) is 10.4 Å². The van der Waals surface area contributed by atoms with E-state index in [0.717, 1.165) is 10.5 Å². The van der Waals surface area contributed by atoms with Crippen molar-refractivity contribution in [3.63, 3.8) is 0 Å². The van der Waals surface area contributed by atoms with Crippen molar-refractivity contribution in [3.05, 3.63) is 91.4 Å². The van der Waals surface area contributed by atoms with Crippen LogP contribution in [0.3, 0.4) is 0 Å². The van der Waals surface area contributed by atoms with Crippen LogP contribution in [0.15, 0.2) is 59.0 Å². The first kappa shape index (κ1) is 21.0. The lowest BCUT2D eigenvalue weighted by atomic mass is 10.1. The first-order valence-electron chi connectivity index (χ1n) is 9.56. The summed E-state index contributed by atoms with van der Waals surface area (Å²) in [6.07, 6.45) is 1.95. The third-order valence-corrected chi connectivity index (χ3v) is 5.41. The highest BCUT2D eigenvalue weighted by atomic mass is 35.5. The molecule has 1 aliphatic rings. The summed E-state index contributed by atoms with van der Waals surface area (Å²) in [5.74, 6) is -0.509. The molecule has 9 heteroatoms. The number of amides is 3. The van der Waals surface area contributed by atoms with Crippen molar-refractivity contribution >= 4 is 41.2 Å². The molecule has 2 aromatic carbocycles. The van der Waals surface area contributed by atoms with Crippen LogP contribution >= 0.6 is 23.2 Å². The van der Waals surface area contributed by atoms with E-state index in [4.69, 9.17) is 23.2 Å². The molecule has 3 aromatic rings. The van der Waals surface area contributed by atoms with Crippen molar-refractivity contribution in [2.24, 2.45) is 0 Å². The van der Waals surface area contributed by atoms with Gasteiger partial charge in [-0.1, -0.05) is 42.3 Å². The zero-order chi connectivity index (χ0) is 22.1. The molecule has 2 heterocycles. The molecular formula is C22H18Cl2N4O3. The van der Waals surface area contributed by atoms with Gasteiger partial charge in [0.05, 0.1) is 17.8 Å². The van der Waals surface area contributed by atoms with Gasteiger partial charge in [-0.3, -0.25) is 19.6 Å². The van der Waals surface area contributed by atoms with Gasteiger partial charge >= 0.3 is 6.03 Å². The molecule has 1 aliphatic heterocycles. The molecule has 0 bridgehead atoms. The number of H-pyrrole nitrogens is 1. The van der Waals surface area contributed by atoms with Gasteiger partial charge < -0.3 is 5.32 Å². The van der Waals surface area contributed by atoms with Gasteiger partial charge in [0.15, 0.2) is 0 Å². The number of hydrogen-bond donors (Lipinski definition) is 2. The molecule has 158 valence electrons. The average Bonchev–Trinajstić information content (AvgIpc) is 3.20. The Balaban J connectivity index is 1.67. The number of carbonyl (C=O) groups excluding carboxylic acids is 2. The van der Waals surface area contributed by atoms with Crippen molar-refractivity contribution in [1.29, 1.82) is 0 Å². The quantitative estimate of drug-likeness (QED) is 0.446. The number of aromatic amines is 1. The molecule has 0 radical (unpaired) electrons. The smallest absolute Gasteiger partial charge is 0.303 e. The lowest BCUT2D eigenvalue weighted by molar-refractivity contribution is -0.123. The normalized spacial score (nSPS) is 15.1. The number of nitrogens with one attached hydrogen (secondary N) is 2. The molecule has 0 saturated carbocycles. The van der Waals surface area contributed by atoms with E-state index in [9.17, 15) is 14.4 Å². The number of halogens is 2. The second-order valence-corrected chi connectivity index (χ2v) is 7.86. The van der Waals surface area contributed by atoms with Gasteiger partial charge in [-0.15, -0.1) is 0 Å². The Morgan fingerprint density at radius 2 is 1.74 bits per heavy atom. The molecule has 1 fully saturated rings. The van der Waals surface area contributed by atoms with E-state index in [1.807, 2.05) is 6.92 Å². The standard InChI is InChI=1S/C22H18Cl2N4O3/c1-2-18-17(20(29)28(26-18)16-8-6-14(23)7-9-16)11-19-21(30)27(22(31)25-19)12-13-4-3-5-15(24)10-13/h3-11,26H,2,12H2,1H3,(H,25,31). The van der Waals surface area contributed by atoms with Crippen LogP contribution in [-0.2, 0) is 17.8 Å². The van der Waals surface area contributed by atoms with Crippen LogP contribution in [-0.4, -0.2) is 26.6 Å². The summed E-state index contributed by atoms with van der Waals surface area (Å²) < 4.78 is 1.38. The lowest BCUT2D eigenvalue weighted by Crippen LogP contribution is -2.30. The zero-order valence-corrected chi connectivity index (χ0v) is 18.0. The maximum absolute atomic E-state index is 13.0. The summed E-state index contributed by atoms with van der Waals surface area (Å²) in [6.45, 7) is 1.96. The van der Waals surface area contributed by atoms with E-state index >= 15 is 0 Å². The number of aryl methyl sites for hydroxylation is 1. The van der Waals surface area contributed by atoms with Gasteiger partial charge in [0.1, 0.15) is 5.70 Å². The van der Waals surface area contributed by atoms with E-state index in [-0.39, 0.29) is 17.8 Å². The highest BCUT2D eigenvalue weighted by Gasteiger charge is 2.34. The second-order valence-electron chi connectivity index (χ2n) is 6.98. The predicted molar refractivity (Wildman–Crippen MR) is 119 cm³/mol. The van der Waals surface area contributed by atoms with Gasteiger partial charge in [0.25, 0.3) is 11.5 Å². The number of aromatic nitrogens is 2. The molecule has 2 N–H and O–H groups in total. The molecule has 0 atom stereocenters. The summed E-state index contributed by atoms with van der Waals surface area (Å²) in [6, 6.07) is 13.2. The lowest BCUT2D eigenvalue weighted by Gasteiger charge is -2.11. The third-order valence-electron chi connectivity index (χ3n) is 4.92. The Morgan fingerprint density at radius 3 is 2.42 bits per heavy atom. The third kappa shape index (κ3) is 4.15. The Kier molecular flexibility index (Phi) is 5.71. The number of rotatable bonds is 5. The molecule has 0 unspecified atom stereocenters. The minimum Gasteiger partial charge on any atom is -0.303 e. The van der Waals surface area contributed by atoms with Crippen molar-refractivity contribution in [2.75, 3.05) is 0 Å². The minimum absolute atomic E-state index is 0.0427. The van der Waals surface area contributed by atoms with Gasteiger partial charge in [0, 0.05) is 15.7 Å². The van der Waals surface area contributed by atoms with Gasteiger partial charge in [0.2, 0.25) is 0 Å². The molecule has 0 spiro atoms. The molecule has 1 saturated heterocycles. The molecule has 1 aromatic heterocycles. The fraction of sp³-hybridized carbons (Fsp3) is 0.136. The minimum atomic E-state index is -0.553. The highest BCUT2D eigenvalue weighted by Crippen LogP contribution is 2.20. The van der Waals surface area contributed by atoms with E-state index in [1.54, 1.807) is 48.5 Å². The second kappa shape index (κ2) is 8.45. The van der Waals surface area contributed by atoms with Gasteiger partial charge in [-0.2, -0.15) is 0 Å². The maximum Gasteiger partial charge on any atom is 0.329 e. The van der Waals surface area contributed by atoms with Crippen molar-refractivity contribution in [2.45, 2.75) is 19.9 Å². The number of hydrogen-bond acceptors (Lipinski definition) is 3. The van der Waals surface area contributed by atoms with Gasteiger partial charge in [-0.05, 0) is 54.5 Å². The molecule has 31 heavy (non-hydrogen) atoms. The molecule has 7 nitrogen and oxygen atoms in total. The number of imide groups is 1. The summed E-state index contributed by atoms with van der Waals surface area (Å²) in [5, 5.41) is 6.69. The van der Waals surface area contributed by atoms with Crippen LogP contribution < -0.4 is 10.9 Å². The molecule has 0 aliphatic carbocycles. The first-order chi connectivity index (χ1) is 14.9. The van der Waals surface area contributed by atoms with Crippen LogP contribution in [0.5, 0.6) is 0 Å². The Bertz CT molecular complexity index is 1260. The van der Waals surface area contributed by atoms with Crippen molar-refractivity contribution < 1.29 is 9.59 Å². The monoisotopic (exact) mass is 456 g/mol. The Hall–Kier alpha value is -3.29. The number of benzene rings is 2. The summed E-state index contributed by atoms with van der Waals surface area (Å²) in [7, 11) is 0. The Morgan fingerprint density at radius 1 is 1.00 bits per heavy atom. The molecular weight excluding hydrogens is 439 g/mol. The highest BCUT2D eigenvalue weighted by molar-refractivity contribution is 6.30. The van der Waals surface area contributed by atoms with Gasteiger partial charge in [-0.25, -0.2) is 9.48 Å².